The molecule has 4 heteroatoms. The minimum Gasteiger partial charge on any atom is -0.393 e. The highest BCUT2D eigenvalue weighted by molar-refractivity contribution is 5.78. The lowest BCUT2D eigenvalue weighted by atomic mass is 9.87. The van der Waals surface area contributed by atoms with Crippen molar-refractivity contribution < 1.29 is 9.90 Å². The monoisotopic (exact) mass is 242 g/mol. The molecular formula is C13H26N2O2. The molecule has 17 heavy (non-hydrogen) atoms. The summed E-state index contributed by atoms with van der Waals surface area (Å²) in [5.41, 5.74) is -0.0552. The van der Waals surface area contributed by atoms with E-state index in [4.69, 9.17) is 0 Å². The predicted octanol–water partition coefficient (Wildman–Crippen LogP) is 0.899. The molecule has 1 unspecified atom stereocenters. The van der Waals surface area contributed by atoms with Crippen LogP contribution < -0.4 is 10.6 Å². The molecule has 0 aliphatic heterocycles. The Morgan fingerprint density at radius 1 is 1.47 bits per heavy atom. The zero-order chi connectivity index (χ0) is 12.9. The molecule has 0 heterocycles. The average molecular weight is 242 g/mol. The van der Waals surface area contributed by atoms with Crippen molar-refractivity contribution >= 4 is 5.91 Å². The molecule has 100 valence electrons. The largest absolute Gasteiger partial charge is 0.393 e. The molecule has 3 N–H and O–H groups in total. The Morgan fingerprint density at radius 2 is 2.12 bits per heavy atom. The third kappa shape index (κ3) is 7.34. The normalized spacial score (nSPS) is 17.9. The summed E-state index contributed by atoms with van der Waals surface area (Å²) in [7, 11) is 0. The Morgan fingerprint density at radius 3 is 2.65 bits per heavy atom. The van der Waals surface area contributed by atoms with Crippen LogP contribution in [0.5, 0.6) is 0 Å². The first-order valence-electron chi connectivity index (χ1n) is 6.54. The first kappa shape index (κ1) is 14.5. The smallest absolute Gasteiger partial charge is 0.233 e. The minimum atomic E-state index is -0.324. The van der Waals surface area contributed by atoms with Crippen molar-refractivity contribution in [2.24, 2.45) is 11.3 Å². The van der Waals surface area contributed by atoms with E-state index < -0.39 is 0 Å². The van der Waals surface area contributed by atoms with Crippen LogP contribution in [0.15, 0.2) is 0 Å². The molecule has 0 spiro atoms. The molecule has 0 bridgehead atoms. The Hall–Kier alpha value is -0.610. The van der Waals surface area contributed by atoms with Crippen LogP contribution in [-0.2, 0) is 4.79 Å². The summed E-state index contributed by atoms with van der Waals surface area (Å²) in [5.74, 6) is 0.846. The fourth-order valence-corrected chi connectivity index (χ4v) is 1.98. The molecule has 1 fully saturated rings. The van der Waals surface area contributed by atoms with Crippen molar-refractivity contribution in [2.45, 2.75) is 46.1 Å². The molecule has 1 saturated carbocycles. The summed E-state index contributed by atoms with van der Waals surface area (Å²) in [6.07, 6.45) is 2.98. The van der Waals surface area contributed by atoms with Crippen LogP contribution in [0.25, 0.3) is 0 Å². The van der Waals surface area contributed by atoms with Gasteiger partial charge < -0.3 is 15.7 Å². The van der Waals surface area contributed by atoms with Crippen LogP contribution in [0, 0.1) is 11.3 Å². The SMILES string of the molecule is CC(O)CC(C)(C)CNC(=O)CNCC1CC1. The summed E-state index contributed by atoms with van der Waals surface area (Å²) < 4.78 is 0. The van der Waals surface area contributed by atoms with Crippen molar-refractivity contribution in [3.63, 3.8) is 0 Å². The molecule has 1 aliphatic carbocycles. The van der Waals surface area contributed by atoms with Gasteiger partial charge in [0.1, 0.15) is 0 Å². The predicted molar refractivity (Wildman–Crippen MR) is 68.7 cm³/mol. The van der Waals surface area contributed by atoms with Gasteiger partial charge in [-0.05, 0) is 44.1 Å². The summed E-state index contributed by atoms with van der Waals surface area (Å²) in [4.78, 5) is 11.5. The average Bonchev–Trinajstić information content (AvgIpc) is 2.97. The van der Waals surface area contributed by atoms with Crippen LogP contribution >= 0.6 is 0 Å². The maximum Gasteiger partial charge on any atom is 0.233 e. The van der Waals surface area contributed by atoms with Crippen molar-refractivity contribution in [3.05, 3.63) is 0 Å². The highest BCUT2D eigenvalue weighted by Gasteiger charge is 2.22. The van der Waals surface area contributed by atoms with E-state index in [1.54, 1.807) is 6.92 Å². The topological polar surface area (TPSA) is 61.4 Å². The first-order chi connectivity index (χ1) is 7.89. The second kappa shape index (κ2) is 6.36. The lowest BCUT2D eigenvalue weighted by molar-refractivity contribution is -0.120. The highest BCUT2D eigenvalue weighted by Crippen LogP contribution is 2.27. The fourth-order valence-electron chi connectivity index (χ4n) is 1.98. The molecule has 0 aromatic carbocycles. The molecule has 1 atom stereocenters. The molecule has 0 aromatic heterocycles. The number of carbonyl (C=O) groups is 1. The second-order valence-electron chi connectivity index (χ2n) is 6.07. The number of carbonyl (C=O) groups excluding carboxylic acids is 1. The summed E-state index contributed by atoms with van der Waals surface area (Å²) in [6, 6.07) is 0. The number of amides is 1. The number of hydrogen-bond donors (Lipinski definition) is 3. The van der Waals surface area contributed by atoms with Crippen molar-refractivity contribution in [1.29, 1.82) is 0 Å². The van der Waals surface area contributed by atoms with Crippen LogP contribution in [0.3, 0.4) is 0 Å². The number of aliphatic hydroxyl groups excluding tert-OH is 1. The van der Waals surface area contributed by atoms with Crippen molar-refractivity contribution in [2.75, 3.05) is 19.6 Å². The van der Waals surface area contributed by atoms with Gasteiger partial charge in [0.25, 0.3) is 0 Å². The molecule has 1 rings (SSSR count). The van der Waals surface area contributed by atoms with Crippen molar-refractivity contribution in [1.82, 2.24) is 10.6 Å². The Labute approximate surface area is 104 Å². The van der Waals surface area contributed by atoms with E-state index in [0.29, 0.717) is 19.5 Å². The number of hydrogen-bond acceptors (Lipinski definition) is 3. The molecule has 0 aromatic rings. The first-order valence-corrected chi connectivity index (χ1v) is 6.54. The third-order valence-electron chi connectivity index (χ3n) is 3.03. The fraction of sp³-hybridized carbons (Fsp3) is 0.923. The summed E-state index contributed by atoms with van der Waals surface area (Å²) in [6.45, 7) is 7.86. The Kier molecular flexibility index (Phi) is 5.40. The van der Waals surface area contributed by atoms with Crippen LogP contribution in [0.4, 0.5) is 0 Å². The van der Waals surface area contributed by atoms with Gasteiger partial charge in [-0.1, -0.05) is 13.8 Å². The highest BCUT2D eigenvalue weighted by atomic mass is 16.3. The van der Waals surface area contributed by atoms with E-state index in [1.807, 2.05) is 0 Å². The minimum absolute atomic E-state index is 0.0457. The van der Waals surface area contributed by atoms with Crippen LogP contribution in [0.1, 0.15) is 40.0 Å². The Bertz CT molecular complexity index is 248. The second-order valence-corrected chi connectivity index (χ2v) is 6.07. The van der Waals surface area contributed by atoms with E-state index in [0.717, 1.165) is 12.5 Å². The zero-order valence-electron chi connectivity index (χ0n) is 11.3. The maximum absolute atomic E-state index is 11.5. The van der Waals surface area contributed by atoms with Gasteiger partial charge in [0, 0.05) is 6.54 Å². The van der Waals surface area contributed by atoms with Gasteiger partial charge in [-0.15, -0.1) is 0 Å². The molecule has 1 aliphatic rings. The van der Waals surface area contributed by atoms with Gasteiger partial charge in [-0.2, -0.15) is 0 Å². The van der Waals surface area contributed by atoms with Crippen LogP contribution in [0.2, 0.25) is 0 Å². The third-order valence-corrected chi connectivity index (χ3v) is 3.03. The van der Waals surface area contributed by atoms with Crippen molar-refractivity contribution in [3.8, 4) is 0 Å². The van der Waals surface area contributed by atoms with Gasteiger partial charge in [0.2, 0.25) is 5.91 Å². The van der Waals surface area contributed by atoms with E-state index in [-0.39, 0.29) is 17.4 Å². The van der Waals surface area contributed by atoms with E-state index >= 15 is 0 Å². The molecule has 1 amide bonds. The maximum atomic E-state index is 11.5. The van der Waals surface area contributed by atoms with Gasteiger partial charge in [-0.3, -0.25) is 4.79 Å². The number of aliphatic hydroxyl groups is 1. The molecule has 0 radical (unpaired) electrons. The van der Waals surface area contributed by atoms with Gasteiger partial charge in [0.15, 0.2) is 0 Å². The quantitative estimate of drug-likeness (QED) is 0.592. The van der Waals surface area contributed by atoms with Gasteiger partial charge >= 0.3 is 0 Å². The van der Waals surface area contributed by atoms with Crippen LogP contribution in [-0.4, -0.2) is 36.8 Å². The molecular weight excluding hydrogens is 216 g/mol. The molecule has 0 saturated heterocycles. The standard InChI is InChI=1S/C13H26N2O2/c1-10(16)6-13(2,3)9-15-12(17)8-14-7-11-4-5-11/h10-11,14,16H,4-9H2,1-3H3,(H,15,17). The summed E-state index contributed by atoms with van der Waals surface area (Å²) >= 11 is 0. The number of nitrogens with one attached hydrogen (secondary N) is 2. The van der Waals surface area contributed by atoms with E-state index in [2.05, 4.69) is 24.5 Å². The number of rotatable bonds is 8. The van der Waals surface area contributed by atoms with E-state index in [9.17, 15) is 9.90 Å². The van der Waals surface area contributed by atoms with Gasteiger partial charge in [-0.25, -0.2) is 0 Å². The van der Waals surface area contributed by atoms with Gasteiger partial charge in [0.05, 0.1) is 12.6 Å². The van der Waals surface area contributed by atoms with E-state index in [1.165, 1.54) is 12.8 Å². The molecule has 4 nitrogen and oxygen atoms in total. The zero-order valence-corrected chi connectivity index (χ0v) is 11.3. The summed E-state index contributed by atoms with van der Waals surface area (Å²) in [5, 5.41) is 15.4. The Balaban J connectivity index is 2.08. The lowest BCUT2D eigenvalue weighted by Crippen LogP contribution is -2.40. The lowest BCUT2D eigenvalue weighted by Gasteiger charge is -2.26.